The van der Waals surface area contributed by atoms with Crippen LogP contribution in [0.4, 0.5) is 11.5 Å². The number of hydrogen-bond acceptors (Lipinski definition) is 5. The maximum atomic E-state index is 11.3. The van der Waals surface area contributed by atoms with E-state index in [1.165, 1.54) is 0 Å². The van der Waals surface area contributed by atoms with Crippen LogP contribution < -0.4 is 5.43 Å². The fourth-order valence-corrected chi connectivity index (χ4v) is 1.33. The van der Waals surface area contributed by atoms with Crippen molar-refractivity contribution in [3.8, 4) is 5.75 Å². The minimum absolute atomic E-state index is 0.297. The van der Waals surface area contributed by atoms with Crippen molar-refractivity contribution in [2.45, 2.75) is 0 Å². The minimum atomic E-state index is -1.33. The molecule has 0 bridgehead atoms. The number of carboxylic acid groups (broad SMARTS) is 1. The Hall–Kier alpha value is -2.96. The first-order valence-corrected chi connectivity index (χ1v) is 5.24. The van der Waals surface area contributed by atoms with Crippen molar-refractivity contribution in [3.63, 3.8) is 0 Å². The lowest BCUT2D eigenvalue weighted by atomic mass is 10.3. The molecule has 0 spiro atoms. The summed E-state index contributed by atoms with van der Waals surface area (Å²) >= 11 is 0. The molecule has 0 radical (unpaired) electrons. The van der Waals surface area contributed by atoms with Crippen LogP contribution in [0.25, 0.3) is 0 Å². The Balaban J connectivity index is 2.43. The van der Waals surface area contributed by atoms with Crippen molar-refractivity contribution < 1.29 is 15.0 Å². The van der Waals surface area contributed by atoms with Crippen molar-refractivity contribution in [3.05, 3.63) is 52.3 Å². The van der Waals surface area contributed by atoms with Gasteiger partial charge in [-0.15, -0.1) is 10.2 Å². The number of nitrogens with zero attached hydrogens (tertiary/aromatic N) is 2. The molecule has 0 saturated heterocycles. The van der Waals surface area contributed by atoms with Crippen LogP contribution in [0.15, 0.2) is 51.4 Å². The summed E-state index contributed by atoms with van der Waals surface area (Å²) in [5.74, 6) is -2.30. The number of aromatic nitrogens is 1. The van der Waals surface area contributed by atoms with Gasteiger partial charge in [0.25, 0.3) is 0 Å². The molecule has 7 heteroatoms. The van der Waals surface area contributed by atoms with Crippen LogP contribution in [0.3, 0.4) is 0 Å². The third kappa shape index (κ3) is 2.83. The van der Waals surface area contributed by atoms with Crippen molar-refractivity contribution in [2.75, 3.05) is 0 Å². The Bertz CT molecular complexity index is 692. The van der Waals surface area contributed by atoms with Gasteiger partial charge in [-0.3, -0.25) is 4.79 Å². The van der Waals surface area contributed by atoms with Gasteiger partial charge < -0.3 is 15.2 Å². The van der Waals surface area contributed by atoms with Crippen LogP contribution in [0.2, 0.25) is 0 Å². The van der Waals surface area contributed by atoms with Gasteiger partial charge >= 0.3 is 5.97 Å². The number of hydrogen-bond donors (Lipinski definition) is 3. The molecule has 1 aromatic heterocycles. The summed E-state index contributed by atoms with van der Waals surface area (Å²) in [6.45, 7) is 0. The summed E-state index contributed by atoms with van der Waals surface area (Å²) in [4.78, 5) is 24.4. The minimum Gasteiger partial charge on any atom is -0.502 e. The molecule has 0 fully saturated rings. The van der Waals surface area contributed by atoms with Crippen molar-refractivity contribution in [1.82, 2.24) is 4.98 Å². The molecule has 0 aliphatic carbocycles. The maximum Gasteiger partial charge on any atom is 0.352 e. The van der Waals surface area contributed by atoms with E-state index in [1.807, 2.05) is 0 Å². The van der Waals surface area contributed by atoms with E-state index in [9.17, 15) is 14.7 Å². The average Bonchev–Trinajstić information content (AvgIpc) is 2.41. The zero-order valence-corrected chi connectivity index (χ0v) is 9.57. The van der Waals surface area contributed by atoms with Gasteiger partial charge in [-0.25, -0.2) is 4.79 Å². The molecule has 2 rings (SSSR count). The van der Waals surface area contributed by atoms with Crippen molar-refractivity contribution in [2.24, 2.45) is 10.2 Å². The van der Waals surface area contributed by atoms with Crippen LogP contribution in [0.1, 0.15) is 10.5 Å². The molecule has 7 nitrogen and oxygen atoms in total. The predicted octanol–water partition coefficient (Wildman–Crippen LogP) is 2.19. The van der Waals surface area contributed by atoms with Crippen LogP contribution in [0.5, 0.6) is 5.75 Å². The zero-order chi connectivity index (χ0) is 13.8. The first-order chi connectivity index (χ1) is 9.08. The number of aromatic carboxylic acids is 1. The largest absolute Gasteiger partial charge is 0.502 e. The highest BCUT2D eigenvalue weighted by atomic mass is 16.4. The van der Waals surface area contributed by atoms with E-state index in [-0.39, 0.29) is 11.5 Å². The SMILES string of the molecule is O=C(O)c1cc(=O)c(O)c(N=Nc2ccccc2)[nH]1. The summed E-state index contributed by atoms with van der Waals surface area (Å²) in [6.07, 6.45) is 0. The normalized spacial score (nSPS) is 10.7. The van der Waals surface area contributed by atoms with Gasteiger partial charge in [0.15, 0.2) is 5.82 Å². The number of benzene rings is 1. The van der Waals surface area contributed by atoms with E-state index in [4.69, 9.17) is 5.11 Å². The smallest absolute Gasteiger partial charge is 0.352 e. The number of H-pyrrole nitrogens is 1. The fourth-order valence-electron chi connectivity index (χ4n) is 1.33. The summed E-state index contributed by atoms with van der Waals surface area (Å²) in [5.41, 5.74) is -0.702. The van der Waals surface area contributed by atoms with E-state index < -0.39 is 17.1 Å². The van der Waals surface area contributed by atoms with Crippen LogP contribution in [-0.4, -0.2) is 21.2 Å². The fraction of sp³-hybridized carbons (Fsp3) is 0. The predicted molar refractivity (Wildman–Crippen MR) is 66.3 cm³/mol. The summed E-state index contributed by atoms with van der Waals surface area (Å²) in [7, 11) is 0. The second-order valence-corrected chi connectivity index (χ2v) is 3.59. The number of aromatic hydroxyl groups is 1. The van der Waals surface area contributed by atoms with E-state index in [2.05, 4.69) is 15.2 Å². The highest BCUT2D eigenvalue weighted by molar-refractivity contribution is 5.86. The van der Waals surface area contributed by atoms with Crippen LogP contribution >= 0.6 is 0 Å². The molecule has 96 valence electrons. The quantitative estimate of drug-likeness (QED) is 0.732. The van der Waals surface area contributed by atoms with Crippen molar-refractivity contribution in [1.29, 1.82) is 0 Å². The lowest BCUT2D eigenvalue weighted by Crippen LogP contribution is -2.08. The molecule has 1 aromatic carbocycles. The first-order valence-electron chi connectivity index (χ1n) is 5.24. The first kappa shape index (κ1) is 12.5. The van der Waals surface area contributed by atoms with Gasteiger partial charge in [-0.2, -0.15) is 0 Å². The lowest BCUT2D eigenvalue weighted by Gasteiger charge is -2.00. The van der Waals surface area contributed by atoms with Crippen LogP contribution in [-0.2, 0) is 0 Å². The third-order valence-corrected chi connectivity index (χ3v) is 2.24. The van der Waals surface area contributed by atoms with Gasteiger partial charge in [0.1, 0.15) is 5.69 Å². The topological polar surface area (TPSA) is 115 Å². The second-order valence-electron chi connectivity index (χ2n) is 3.59. The summed E-state index contributed by atoms with van der Waals surface area (Å²) in [5, 5.41) is 25.7. The molecule has 2 aromatic rings. The zero-order valence-electron chi connectivity index (χ0n) is 9.57. The van der Waals surface area contributed by atoms with Gasteiger partial charge in [0, 0.05) is 6.07 Å². The van der Waals surface area contributed by atoms with E-state index in [1.54, 1.807) is 30.3 Å². The van der Waals surface area contributed by atoms with Crippen LogP contribution in [0, 0.1) is 0 Å². The average molecular weight is 259 g/mol. The molecular formula is C12H9N3O4. The number of nitrogens with one attached hydrogen (secondary N) is 1. The molecule has 0 aliphatic rings. The van der Waals surface area contributed by atoms with E-state index in [0.29, 0.717) is 5.69 Å². The van der Waals surface area contributed by atoms with Gasteiger partial charge in [0.05, 0.1) is 5.69 Å². The summed E-state index contributed by atoms with van der Waals surface area (Å²) in [6, 6.07) is 9.39. The number of azo groups is 1. The van der Waals surface area contributed by atoms with E-state index >= 15 is 0 Å². The summed E-state index contributed by atoms with van der Waals surface area (Å²) < 4.78 is 0. The molecule has 0 unspecified atom stereocenters. The third-order valence-electron chi connectivity index (χ3n) is 2.24. The number of aromatic amines is 1. The number of rotatable bonds is 3. The molecule has 0 aliphatic heterocycles. The number of carboxylic acids is 1. The Morgan fingerprint density at radius 3 is 2.47 bits per heavy atom. The number of pyridine rings is 1. The molecule has 1 heterocycles. The molecule has 19 heavy (non-hydrogen) atoms. The maximum absolute atomic E-state index is 11.3. The van der Waals surface area contributed by atoms with E-state index in [0.717, 1.165) is 6.07 Å². The molecule has 0 saturated carbocycles. The Labute approximate surface area is 106 Å². The second kappa shape index (κ2) is 5.13. The van der Waals surface area contributed by atoms with Gasteiger partial charge in [0.2, 0.25) is 11.2 Å². The number of carbonyl (C=O) groups is 1. The lowest BCUT2D eigenvalue weighted by molar-refractivity contribution is 0.0690. The van der Waals surface area contributed by atoms with Gasteiger partial charge in [-0.1, -0.05) is 18.2 Å². The Morgan fingerprint density at radius 1 is 1.16 bits per heavy atom. The molecule has 3 N–H and O–H groups in total. The van der Waals surface area contributed by atoms with Gasteiger partial charge in [-0.05, 0) is 12.1 Å². The monoisotopic (exact) mass is 259 g/mol. The molecule has 0 amide bonds. The molecular weight excluding hydrogens is 250 g/mol. The Morgan fingerprint density at radius 2 is 1.84 bits per heavy atom. The molecule has 0 atom stereocenters. The highest BCUT2D eigenvalue weighted by Crippen LogP contribution is 2.22. The Kier molecular flexibility index (Phi) is 3.37. The van der Waals surface area contributed by atoms with Crippen molar-refractivity contribution >= 4 is 17.5 Å². The standard InChI is InChI=1S/C12H9N3O4/c16-9-6-8(12(18)19)13-11(10(9)17)15-14-7-4-2-1-3-5-7/h1-6,17H,(H,13,16)(H,18,19). The highest BCUT2D eigenvalue weighted by Gasteiger charge is 2.12.